The van der Waals surface area contributed by atoms with E-state index in [4.69, 9.17) is 0 Å². The SMILES string of the molecule is O=C1Nc2ccccc2C12C1CCN(C1)[C@@H]2c1ccccc1. The molecule has 22 heavy (non-hydrogen) atoms. The van der Waals surface area contributed by atoms with Crippen molar-refractivity contribution in [2.45, 2.75) is 17.9 Å². The predicted octanol–water partition coefficient (Wildman–Crippen LogP) is 2.95. The van der Waals surface area contributed by atoms with Crippen LogP contribution in [-0.4, -0.2) is 23.9 Å². The van der Waals surface area contributed by atoms with Crippen LogP contribution in [0.2, 0.25) is 0 Å². The van der Waals surface area contributed by atoms with Crippen LogP contribution in [0, 0.1) is 5.92 Å². The molecule has 1 N–H and O–H groups in total. The minimum absolute atomic E-state index is 0.163. The second-order valence-corrected chi connectivity index (χ2v) is 6.66. The smallest absolute Gasteiger partial charge is 0.237 e. The van der Waals surface area contributed by atoms with Crippen molar-refractivity contribution in [1.29, 1.82) is 0 Å². The van der Waals surface area contributed by atoms with Crippen molar-refractivity contribution < 1.29 is 4.79 Å². The minimum atomic E-state index is -0.407. The van der Waals surface area contributed by atoms with Gasteiger partial charge in [0.15, 0.2) is 0 Å². The molecule has 1 spiro atoms. The summed E-state index contributed by atoms with van der Waals surface area (Å²) in [5.41, 5.74) is 3.05. The Morgan fingerprint density at radius 1 is 1.05 bits per heavy atom. The van der Waals surface area contributed by atoms with Gasteiger partial charge in [-0.1, -0.05) is 48.5 Å². The molecule has 0 radical (unpaired) electrons. The molecular formula is C19H18N2O. The molecule has 110 valence electrons. The Kier molecular flexibility index (Phi) is 2.37. The molecule has 3 heterocycles. The molecule has 3 aliphatic rings. The fraction of sp³-hybridized carbons (Fsp3) is 0.316. The quantitative estimate of drug-likeness (QED) is 0.876. The van der Waals surface area contributed by atoms with E-state index in [-0.39, 0.29) is 11.9 Å². The van der Waals surface area contributed by atoms with Crippen LogP contribution >= 0.6 is 0 Å². The lowest BCUT2D eigenvalue weighted by Crippen LogP contribution is -2.47. The van der Waals surface area contributed by atoms with Crippen LogP contribution in [0.4, 0.5) is 5.69 Å². The van der Waals surface area contributed by atoms with Crippen molar-refractivity contribution in [3.8, 4) is 0 Å². The lowest BCUT2D eigenvalue weighted by atomic mass is 9.65. The van der Waals surface area contributed by atoms with Gasteiger partial charge in [0.1, 0.15) is 5.41 Å². The normalized spacial score (nSPS) is 34.9. The maximum Gasteiger partial charge on any atom is 0.237 e. The Morgan fingerprint density at radius 3 is 2.68 bits per heavy atom. The maximum atomic E-state index is 13.1. The van der Waals surface area contributed by atoms with Gasteiger partial charge in [0, 0.05) is 12.2 Å². The summed E-state index contributed by atoms with van der Waals surface area (Å²) < 4.78 is 0. The molecule has 3 unspecified atom stereocenters. The number of fused-ring (bicyclic) bond motifs is 5. The molecule has 2 saturated heterocycles. The third-order valence-corrected chi connectivity index (χ3v) is 5.77. The summed E-state index contributed by atoms with van der Waals surface area (Å²) in [6, 6.07) is 18.9. The summed E-state index contributed by atoms with van der Waals surface area (Å²) in [5.74, 6) is 0.608. The van der Waals surface area contributed by atoms with Crippen LogP contribution in [-0.2, 0) is 10.2 Å². The van der Waals surface area contributed by atoms with Crippen LogP contribution in [0.15, 0.2) is 54.6 Å². The van der Waals surface area contributed by atoms with Gasteiger partial charge in [-0.2, -0.15) is 0 Å². The molecule has 3 heteroatoms. The zero-order valence-corrected chi connectivity index (χ0v) is 12.3. The first-order valence-corrected chi connectivity index (χ1v) is 8.02. The van der Waals surface area contributed by atoms with Crippen molar-refractivity contribution >= 4 is 11.6 Å². The number of benzene rings is 2. The molecule has 0 saturated carbocycles. The van der Waals surface area contributed by atoms with Gasteiger partial charge >= 0.3 is 0 Å². The number of anilines is 1. The predicted molar refractivity (Wildman–Crippen MR) is 85.6 cm³/mol. The van der Waals surface area contributed by atoms with Gasteiger partial charge in [-0.05, 0) is 36.1 Å². The van der Waals surface area contributed by atoms with Crippen molar-refractivity contribution in [2.24, 2.45) is 5.92 Å². The largest absolute Gasteiger partial charge is 0.325 e. The van der Waals surface area contributed by atoms with Gasteiger partial charge in [0.2, 0.25) is 5.91 Å². The van der Waals surface area contributed by atoms with Gasteiger partial charge in [0.25, 0.3) is 0 Å². The molecule has 5 rings (SSSR count). The number of nitrogens with zero attached hydrogens (tertiary/aromatic N) is 1. The minimum Gasteiger partial charge on any atom is -0.325 e. The highest BCUT2D eigenvalue weighted by Gasteiger charge is 2.65. The summed E-state index contributed by atoms with van der Waals surface area (Å²) in [7, 11) is 0. The number of nitrogens with one attached hydrogen (secondary N) is 1. The van der Waals surface area contributed by atoms with E-state index in [9.17, 15) is 4.79 Å². The van der Waals surface area contributed by atoms with Gasteiger partial charge in [-0.15, -0.1) is 0 Å². The Balaban J connectivity index is 1.77. The van der Waals surface area contributed by atoms with E-state index in [1.165, 1.54) is 11.1 Å². The number of amides is 1. The molecule has 2 fully saturated rings. The van der Waals surface area contributed by atoms with E-state index < -0.39 is 5.41 Å². The van der Waals surface area contributed by atoms with Crippen LogP contribution in [0.5, 0.6) is 0 Å². The van der Waals surface area contributed by atoms with E-state index in [1.54, 1.807) is 0 Å². The van der Waals surface area contributed by atoms with Gasteiger partial charge in [0.05, 0.1) is 6.04 Å². The first-order valence-electron chi connectivity index (χ1n) is 8.02. The molecule has 0 aliphatic carbocycles. The van der Waals surface area contributed by atoms with Crippen molar-refractivity contribution in [3.05, 3.63) is 65.7 Å². The molecular weight excluding hydrogens is 272 g/mol. The second kappa shape index (κ2) is 4.20. The number of rotatable bonds is 1. The highest BCUT2D eigenvalue weighted by Crippen LogP contribution is 2.60. The molecule has 2 aromatic carbocycles. The zero-order valence-electron chi connectivity index (χ0n) is 12.3. The number of para-hydroxylation sites is 1. The van der Waals surface area contributed by atoms with Gasteiger partial charge in [-0.25, -0.2) is 0 Å². The van der Waals surface area contributed by atoms with Gasteiger partial charge < -0.3 is 5.32 Å². The van der Waals surface area contributed by atoms with Crippen molar-refractivity contribution in [2.75, 3.05) is 18.4 Å². The number of carbonyl (C=O) groups is 1. The molecule has 2 bridgehead atoms. The third kappa shape index (κ3) is 1.33. The summed E-state index contributed by atoms with van der Waals surface area (Å²) in [5, 5.41) is 3.15. The van der Waals surface area contributed by atoms with Crippen molar-refractivity contribution in [1.82, 2.24) is 4.90 Å². The Hall–Kier alpha value is -2.13. The maximum absolute atomic E-state index is 13.1. The number of carbonyl (C=O) groups excluding carboxylic acids is 1. The van der Waals surface area contributed by atoms with Crippen LogP contribution in [0.3, 0.4) is 0 Å². The van der Waals surface area contributed by atoms with Crippen LogP contribution in [0.25, 0.3) is 0 Å². The lowest BCUT2D eigenvalue weighted by molar-refractivity contribution is -0.124. The molecule has 2 aromatic rings. The van der Waals surface area contributed by atoms with Gasteiger partial charge in [-0.3, -0.25) is 9.69 Å². The molecule has 0 aromatic heterocycles. The summed E-state index contributed by atoms with van der Waals surface area (Å²) >= 11 is 0. The summed E-state index contributed by atoms with van der Waals surface area (Å²) in [6.07, 6.45) is 1.12. The Morgan fingerprint density at radius 2 is 1.82 bits per heavy atom. The summed E-state index contributed by atoms with van der Waals surface area (Å²) in [6.45, 7) is 2.13. The fourth-order valence-electron chi connectivity index (χ4n) is 4.99. The van der Waals surface area contributed by atoms with Crippen LogP contribution < -0.4 is 5.32 Å². The Bertz CT molecular complexity index is 757. The number of hydrogen-bond donors (Lipinski definition) is 1. The van der Waals surface area contributed by atoms with Crippen LogP contribution in [0.1, 0.15) is 23.6 Å². The number of hydrogen-bond acceptors (Lipinski definition) is 2. The molecule has 4 atom stereocenters. The second-order valence-electron chi connectivity index (χ2n) is 6.66. The van der Waals surface area contributed by atoms with E-state index in [2.05, 4.69) is 46.6 Å². The fourth-order valence-corrected chi connectivity index (χ4v) is 4.99. The molecule has 3 aliphatic heterocycles. The molecule has 1 amide bonds. The monoisotopic (exact) mass is 290 g/mol. The molecule has 3 nitrogen and oxygen atoms in total. The average molecular weight is 290 g/mol. The van der Waals surface area contributed by atoms with E-state index in [0.717, 1.165) is 25.2 Å². The van der Waals surface area contributed by atoms with E-state index >= 15 is 0 Å². The first kappa shape index (κ1) is 12.4. The highest BCUT2D eigenvalue weighted by atomic mass is 16.2. The topological polar surface area (TPSA) is 32.3 Å². The Labute approximate surface area is 129 Å². The van der Waals surface area contributed by atoms with E-state index in [0.29, 0.717) is 5.92 Å². The standard InChI is InChI=1S/C19H18N2O/c22-18-19(15-8-4-5-9-16(15)20-18)14-10-11-21(12-14)17(19)13-6-2-1-3-7-13/h1-9,14,17H,10-12H2,(H,20,22)/t14?,17-,19?/m1/s1. The summed E-state index contributed by atoms with van der Waals surface area (Å²) in [4.78, 5) is 15.6. The average Bonchev–Trinajstić information content (AvgIpc) is 3.22. The number of piperidine rings is 1. The highest BCUT2D eigenvalue weighted by molar-refractivity contribution is 6.07. The van der Waals surface area contributed by atoms with E-state index in [1.807, 2.05) is 18.2 Å². The third-order valence-electron chi connectivity index (χ3n) is 5.77. The zero-order chi connectivity index (χ0) is 14.7. The lowest BCUT2D eigenvalue weighted by Gasteiger charge is -2.40. The first-order chi connectivity index (χ1) is 10.8. The van der Waals surface area contributed by atoms with Crippen molar-refractivity contribution in [3.63, 3.8) is 0 Å².